The second kappa shape index (κ2) is 4.11. The minimum absolute atomic E-state index is 0.295. The molecule has 1 rings (SSSR count). The summed E-state index contributed by atoms with van der Waals surface area (Å²) in [5, 5.41) is 4.23. The van der Waals surface area contributed by atoms with Crippen molar-refractivity contribution in [2.75, 3.05) is 6.54 Å². The largest absolute Gasteiger partial charge is 0.401 e. The number of aryl methyl sites for hydroxylation is 1. The molecule has 0 fully saturated rings. The van der Waals surface area contributed by atoms with Crippen LogP contribution < -0.4 is 5.32 Å². The normalized spacial score (nSPS) is 12.0. The molecule has 1 heterocycles. The van der Waals surface area contributed by atoms with Crippen LogP contribution in [-0.4, -0.2) is 12.7 Å². The van der Waals surface area contributed by atoms with E-state index in [2.05, 4.69) is 5.32 Å². The molecule has 74 valence electrons. The Labute approximate surface area is 78.6 Å². The molecule has 0 aliphatic heterocycles. The van der Waals surface area contributed by atoms with Crippen LogP contribution in [0.2, 0.25) is 0 Å². The van der Waals surface area contributed by atoms with Crippen molar-refractivity contribution in [2.45, 2.75) is 19.6 Å². The number of thiophene rings is 1. The Morgan fingerprint density at radius 3 is 2.62 bits per heavy atom. The van der Waals surface area contributed by atoms with Gasteiger partial charge >= 0.3 is 6.18 Å². The van der Waals surface area contributed by atoms with Gasteiger partial charge in [0.2, 0.25) is 0 Å². The molecule has 1 aromatic heterocycles. The molecule has 1 N–H and O–H groups in total. The van der Waals surface area contributed by atoms with Gasteiger partial charge in [0, 0.05) is 11.4 Å². The Morgan fingerprint density at radius 2 is 2.15 bits per heavy atom. The Hall–Kier alpha value is -0.550. The lowest BCUT2D eigenvalue weighted by Crippen LogP contribution is -2.28. The summed E-state index contributed by atoms with van der Waals surface area (Å²) in [6, 6.07) is 1.90. The summed E-state index contributed by atoms with van der Waals surface area (Å²) >= 11 is 1.47. The maximum atomic E-state index is 11.7. The highest BCUT2D eigenvalue weighted by molar-refractivity contribution is 7.10. The number of hydrogen-bond acceptors (Lipinski definition) is 2. The van der Waals surface area contributed by atoms with E-state index < -0.39 is 12.7 Å². The van der Waals surface area contributed by atoms with E-state index in [4.69, 9.17) is 0 Å². The van der Waals surface area contributed by atoms with Gasteiger partial charge in [-0.1, -0.05) is 0 Å². The van der Waals surface area contributed by atoms with Crippen LogP contribution in [0.4, 0.5) is 13.2 Å². The van der Waals surface area contributed by atoms with Crippen molar-refractivity contribution >= 4 is 11.3 Å². The van der Waals surface area contributed by atoms with Gasteiger partial charge < -0.3 is 5.32 Å². The minimum Gasteiger partial charge on any atom is -0.304 e. The van der Waals surface area contributed by atoms with Crippen LogP contribution in [0, 0.1) is 6.92 Å². The lowest BCUT2D eigenvalue weighted by molar-refractivity contribution is -0.125. The molecule has 0 aromatic carbocycles. The lowest BCUT2D eigenvalue weighted by atomic mass is 10.3. The average molecular weight is 209 g/mol. The van der Waals surface area contributed by atoms with Crippen LogP contribution in [0.3, 0.4) is 0 Å². The third-order valence-electron chi connectivity index (χ3n) is 1.58. The molecule has 0 amide bonds. The van der Waals surface area contributed by atoms with Crippen LogP contribution in [0.25, 0.3) is 0 Å². The number of halogens is 3. The fourth-order valence-corrected chi connectivity index (χ4v) is 1.78. The first-order chi connectivity index (χ1) is 5.99. The van der Waals surface area contributed by atoms with Crippen LogP contribution in [0.1, 0.15) is 10.4 Å². The van der Waals surface area contributed by atoms with Gasteiger partial charge in [0.15, 0.2) is 0 Å². The van der Waals surface area contributed by atoms with Crippen molar-refractivity contribution in [2.24, 2.45) is 0 Å². The molecule has 0 radical (unpaired) electrons. The summed E-state index contributed by atoms with van der Waals surface area (Å²) in [6.07, 6.45) is -4.12. The molecule has 1 nitrogen and oxygen atoms in total. The fourth-order valence-electron chi connectivity index (χ4n) is 0.903. The van der Waals surface area contributed by atoms with Crippen molar-refractivity contribution in [1.29, 1.82) is 0 Å². The second-order valence-corrected chi connectivity index (χ2v) is 3.75. The lowest BCUT2D eigenvalue weighted by Gasteiger charge is -2.07. The molecule has 0 aliphatic rings. The van der Waals surface area contributed by atoms with E-state index in [0.717, 1.165) is 10.4 Å². The molecule has 0 unspecified atom stereocenters. The van der Waals surface area contributed by atoms with Gasteiger partial charge in [-0.2, -0.15) is 13.2 Å². The van der Waals surface area contributed by atoms with Gasteiger partial charge in [0.05, 0.1) is 6.54 Å². The smallest absolute Gasteiger partial charge is 0.304 e. The Morgan fingerprint density at radius 1 is 1.46 bits per heavy atom. The summed E-state index contributed by atoms with van der Waals surface area (Å²) in [5.41, 5.74) is 1.04. The van der Waals surface area contributed by atoms with Gasteiger partial charge in [-0.25, -0.2) is 0 Å². The standard InChI is InChI=1S/C8H10F3NS/c1-6-2-3-13-7(6)4-12-5-8(9,10)11/h2-3,12H,4-5H2,1H3. The molecule has 0 spiro atoms. The summed E-state index contributed by atoms with van der Waals surface area (Å²) in [6.45, 7) is 1.26. The zero-order chi connectivity index (χ0) is 9.90. The van der Waals surface area contributed by atoms with Gasteiger partial charge in [-0.05, 0) is 23.9 Å². The van der Waals surface area contributed by atoms with Gasteiger partial charge in [-0.15, -0.1) is 11.3 Å². The number of nitrogens with one attached hydrogen (secondary N) is 1. The molecule has 0 bridgehead atoms. The summed E-state index contributed by atoms with van der Waals surface area (Å²) < 4.78 is 35.2. The maximum absolute atomic E-state index is 11.7. The molecule has 0 aliphatic carbocycles. The summed E-state index contributed by atoms with van der Waals surface area (Å²) in [5.74, 6) is 0. The second-order valence-electron chi connectivity index (χ2n) is 2.75. The van der Waals surface area contributed by atoms with Crippen molar-refractivity contribution in [3.05, 3.63) is 21.9 Å². The summed E-state index contributed by atoms with van der Waals surface area (Å²) in [4.78, 5) is 0.962. The molecular formula is C8H10F3NS. The summed E-state index contributed by atoms with van der Waals surface area (Å²) in [7, 11) is 0. The van der Waals surface area contributed by atoms with E-state index in [-0.39, 0.29) is 0 Å². The van der Waals surface area contributed by atoms with Crippen LogP contribution in [0.5, 0.6) is 0 Å². The zero-order valence-corrected chi connectivity index (χ0v) is 7.93. The fraction of sp³-hybridized carbons (Fsp3) is 0.500. The predicted octanol–water partition coefficient (Wildman–Crippen LogP) is 2.71. The maximum Gasteiger partial charge on any atom is 0.401 e. The topological polar surface area (TPSA) is 12.0 Å². The minimum atomic E-state index is -4.12. The van der Waals surface area contributed by atoms with E-state index in [0.29, 0.717) is 6.54 Å². The molecule has 0 saturated heterocycles. The highest BCUT2D eigenvalue weighted by Gasteiger charge is 2.26. The first-order valence-corrected chi connectivity index (χ1v) is 4.67. The third kappa shape index (κ3) is 3.78. The molecule has 5 heteroatoms. The SMILES string of the molecule is Cc1ccsc1CNCC(F)(F)F. The molecule has 1 aromatic rings. The molecular weight excluding hydrogens is 199 g/mol. The van der Waals surface area contributed by atoms with Crippen molar-refractivity contribution in [3.63, 3.8) is 0 Å². The quantitative estimate of drug-likeness (QED) is 0.807. The van der Waals surface area contributed by atoms with Crippen LogP contribution in [-0.2, 0) is 6.54 Å². The number of hydrogen-bond donors (Lipinski definition) is 1. The Bertz CT molecular complexity index is 267. The van der Waals surface area contributed by atoms with E-state index in [1.807, 2.05) is 18.4 Å². The monoisotopic (exact) mass is 209 g/mol. The van der Waals surface area contributed by atoms with Crippen molar-refractivity contribution < 1.29 is 13.2 Å². The van der Waals surface area contributed by atoms with Crippen molar-refractivity contribution in [3.8, 4) is 0 Å². The first kappa shape index (κ1) is 10.5. The van der Waals surface area contributed by atoms with Gasteiger partial charge in [0.25, 0.3) is 0 Å². The highest BCUT2D eigenvalue weighted by Crippen LogP contribution is 2.16. The first-order valence-electron chi connectivity index (χ1n) is 3.79. The highest BCUT2D eigenvalue weighted by atomic mass is 32.1. The van der Waals surface area contributed by atoms with Crippen LogP contribution in [0.15, 0.2) is 11.4 Å². The number of rotatable bonds is 3. The van der Waals surface area contributed by atoms with Gasteiger partial charge in [0.1, 0.15) is 0 Å². The Balaban J connectivity index is 2.32. The molecule has 0 saturated carbocycles. The molecule has 0 atom stereocenters. The van der Waals surface area contributed by atoms with Crippen molar-refractivity contribution in [1.82, 2.24) is 5.32 Å². The van der Waals surface area contributed by atoms with E-state index >= 15 is 0 Å². The average Bonchev–Trinajstić information content (AvgIpc) is 2.34. The van der Waals surface area contributed by atoms with Gasteiger partial charge in [-0.3, -0.25) is 0 Å². The van der Waals surface area contributed by atoms with E-state index in [9.17, 15) is 13.2 Å². The van der Waals surface area contributed by atoms with E-state index in [1.54, 1.807) is 0 Å². The molecule has 13 heavy (non-hydrogen) atoms. The predicted molar refractivity (Wildman–Crippen MR) is 46.8 cm³/mol. The zero-order valence-electron chi connectivity index (χ0n) is 7.11. The third-order valence-corrected chi connectivity index (χ3v) is 2.60. The van der Waals surface area contributed by atoms with Crippen LogP contribution >= 0.6 is 11.3 Å². The number of alkyl halides is 3. The van der Waals surface area contributed by atoms with E-state index in [1.165, 1.54) is 11.3 Å². The Kier molecular flexibility index (Phi) is 3.33.